The number of piperidine rings is 1. The zero-order chi connectivity index (χ0) is 16.9. The molecule has 0 spiro atoms. The molecule has 0 unspecified atom stereocenters. The molecule has 1 heterocycles. The summed E-state index contributed by atoms with van der Waals surface area (Å²) in [5, 5.41) is -0.445. The van der Waals surface area contributed by atoms with Crippen molar-refractivity contribution in [2.45, 2.75) is 31.9 Å². The molecular formula is C17H25NO4S. The number of amides is 1. The molecule has 0 saturated carbocycles. The van der Waals surface area contributed by atoms with Crippen molar-refractivity contribution in [3.8, 4) is 5.75 Å². The van der Waals surface area contributed by atoms with Crippen LogP contribution in [-0.4, -0.2) is 49.9 Å². The van der Waals surface area contributed by atoms with Gasteiger partial charge in [0.05, 0.1) is 11.0 Å². The number of para-hydroxylation sites is 1. The molecule has 0 bridgehead atoms. The van der Waals surface area contributed by atoms with Crippen LogP contribution in [0, 0.1) is 5.92 Å². The predicted molar refractivity (Wildman–Crippen MR) is 90.2 cm³/mol. The first-order chi connectivity index (χ1) is 10.9. The van der Waals surface area contributed by atoms with Crippen LogP contribution in [0.4, 0.5) is 0 Å². The number of hydrogen-bond donors (Lipinski definition) is 0. The normalized spacial score (nSPS) is 18.9. The number of nitrogens with zero attached hydrogens (tertiary/aromatic N) is 1. The number of carbonyl (C=O) groups excluding carboxylic acids is 1. The van der Waals surface area contributed by atoms with Gasteiger partial charge >= 0.3 is 0 Å². The zero-order valence-corrected chi connectivity index (χ0v) is 14.6. The third-order valence-electron chi connectivity index (χ3n) is 3.91. The SMILES string of the molecule is CC(C)CS(=O)(=O)[C@H]1CCCN(C(=O)COc2ccccc2)C1. The summed E-state index contributed by atoms with van der Waals surface area (Å²) in [6.45, 7) is 4.63. The van der Waals surface area contributed by atoms with E-state index >= 15 is 0 Å². The highest BCUT2D eigenvalue weighted by Gasteiger charge is 2.32. The Kier molecular flexibility index (Phi) is 6.04. The van der Waals surface area contributed by atoms with Crippen LogP contribution in [0.5, 0.6) is 5.75 Å². The van der Waals surface area contributed by atoms with E-state index in [2.05, 4.69) is 0 Å². The summed E-state index contributed by atoms with van der Waals surface area (Å²) in [5.74, 6) is 0.771. The van der Waals surface area contributed by atoms with Crippen molar-refractivity contribution in [1.82, 2.24) is 4.90 Å². The Morgan fingerprint density at radius 1 is 1.30 bits per heavy atom. The van der Waals surface area contributed by atoms with Gasteiger partial charge in [-0.15, -0.1) is 0 Å². The highest BCUT2D eigenvalue weighted by molar-refractivity contribution is 7.92. The van der Waals surface area contributed by atoms with Crippen molar-refractivity contribution < 1.29 is 17.9 Å². The van der Waals surface area contributed by atoms with Crippen LogP contribution in [-0.2, 0) is 14.6 Å². The molecule has 23 heavy (non-hydrogen) atoms. The monoisotopic (exact) mass is 339 g/mol. The fourth-order valence-corrected chi connectivity index (χ4v) is 4.95. The van der Waals surface area contributed by atoms with Gasteiger partial charge < -0.3 is 9.64 Å². The Morgan fingerprint density at radius 2 is 2.00 bits per heavy atom. The zero-order valence-electron chi connectivity index (χ0n) is 13.8. The standard InChI is InChI=1S/C17H25NO4S/c1-14(2)13-23(20,21)16-9-6-10-18(11-16)17(19)12-22-15-7-4-3-5-8-15/h3-5,7-8,14,16H,6,9-13H2,1-2H3/t16-/m0/s1. The van der Waals surface area contributed by atoms with E-state index in [1.165, 1.54) is 0 Å². The number of sulfone groups is 1. The van der Waals surface area contributed by atoms with Gasteiger partial charge in [-0.05, 0) is 30.9 Å². The van der Waals surface area contributed by atoms with E-state index in [-0.39, 0.29) is 30.7 Å². The molecule has 1 atom stereocenters. The van der Waals surface area contributed by atoms with Crippen molar-refractivity contribution in [2.24, 2.45) is 5.92 Å². The summed E-state index contributed by atoms with van der Waals surface area (Å²) in [6.07, 6.45) is 1.36. The molecule has 1 aliphatic heterocycles. The fourth-order valence-electron chi connectivity index (χ4n) is 2.81. The van der Waals surface area contributed by atoms with Crippen LogP contribution >= 0.6 is 0 Å². The van der Waals surface area contributed by atoms with Crippen molar-refractivity contribution >= 4 is 15.7 Å². The van der Waals surface area contributed by atoms with Crippen LogP contribution in [0.2, 0.25) is 0 Å². The highest BCUT2D eigenvalue weighted by Crippen LogP contribution is 2.20. The van der Waals surface area contributed by atoms with Gasteiger partial charge in [0.2, 0.25) is 0 Å². The van der Waals surface area contributed by atoms with Crippen molar-refractivity contribution in [3.05, 3.63) is 30.3 Å². The van der Waals surface area contributed by atoms with Gasteiger partial charge in [0.1, 0.15) is 5.75 Å². The van der Waals surface area contributed by atoms with Crippen molar-refractivity contribution in [3.63, 3.8) is 0 Å². The molecule has 1 saturated heterocycles. The fraction of sp³-hybridized carbons (Fsp3) is 0.588. The summed E-state index contributed by atoms with van der Waals surface area (Å²) in [7, 11) is -3.15. The van der Waals surface area contributed by atoms with Crippen LogP contribution < -0.4 is 4.74 Å². The lowest BCUT2D eigenvalue weighted by Gasteiger charge is -2.32. The van der Waals surface area contributed by atoms with Crippen molar-refractivity contribution in [2.75, 3.05) is 25.4 Å². The van der Waals surface area contributed by atoms with Gasteiger partial charge in [-0.25, -0.2) is 8.42 Å². The minimum Gasteiger partial charge on any atom is -0.484 e. The van der Waals surface area contributed by atoms with Crippen LogP contribution in [0.15, 0.2) is 30.3 Å². The second-order valence-electron chi connectivity index (χ2n) is 6.43. The first-order valence-corrected chi connectivity index (χ1v) is 9.77. The maximum atomic E-state index is 12.4. The molecule has 1 aliphatic rings. The lowest BCUT2D eigenvalue weighted by molar-refractivity contribution is -0.134. The lowest BCUT2D eigenvalue weighted by Crippen LogP contribution is -2.47. The molecule has 6 heteroatoms. The number of rotatable bonds is 6. The van der Waals surface area contributed by atoms with E-state index in [9.17, 15) is 13.2 Å². The molecule has 0 aliphatic carbocycles. The van der Waals surface area contributed by atoms with E-state index in [0.29, 0.717) is 18.7 Å². The minimum atomic E-state index is -3.15. The van der Waals surface area contributed by atoms with E-state index in [0.717, 1.165) is 6.42 Å². The third kappa shape index (κ3) is 5.23. The van der Waals surface area contributed by atoms with E-state index < -0.39 is 15.1 Å². The quantitative estimate of drug-likeness (QED) is 0.796. The number of hydrogen-bond acceptors (Lipinski definition) is 4. The molecule has 5 nitrogen and oxygen atoms in total. The molecule has 0 radical (unpaired) electrons. The van der Waals surface area contributed by atoms with Gasteiger partial charge in [0, 0.05) is 13.1 Å². The summed E-state index contributed by atoms with van der Waals surface area (Å²) in [4.78, 5) is 13.9. The topological polar surface area (TPSA) is 63.7 Å². The van der Waals surface area contributed by atoms with E-state index in [1.807, 2.05) is 32.0 Å². The highest BCUT2D eigenvalue weighted by atomic mass is 32.2. The number of carbonyl (C=O) groups is 1. The lowest BCUT2D eigenvalue weighted by atomic mass is 10.1. The third-order valence-corrected chi connectivity index (χ3v) is 6.44. The van der Waals surface area contributed by atoms with Gasteiger partial charge in [0.25, 0.3) is 5.91 Å². The number of ether oxygens (including phenoxy) is 1. The second-order valence-corrected chi connectivity index (χ2v) is 8.75. The van der Waals surface area contributed by atoms with Gasteiger partial charge in [-0.1, -0.05) is 32.0 Å². The maximum Gasteiger partial charge on any atom is 0.260 e. The van der Waals surface area contributed by atoms with Crippen LogP contribution in [0.1, 0.15) is 26.7 Å². The summed E-state index contributed by atoms with van der Waals surface area (Å²) < 4.78 is 30.2. The van der Waals surface area contributed by atoms with Gasteiger partial charge in [0.15, 0.2) is 16.4 Å². The molecule has 1 amide bonds. The van der Waals surface area contributed by atoms with Gasteiger partial charge in [-0.3, -0.25) is 4.79 Å². The summed E-state index contributed by atoms with van der Waals surface area (Å²) >= 11 is 0. The maximum absolute atomic E-state index is 12.4. The molecule has 128 valence electrons. The largest absolute Gasteiger partial charge is 0.484 e. The predicted octanol–water partition coefficient (Wildman–Crippen LogP) is 2.13. The molecule has 2 rings (SSSR count). The molecular weight excluding hydrogens is 314 g/mol. The van der Waals surface area contributed by atoms with Gasteiger partial charge in [-0.2, -0.15) is 0 Å². The minimum absolute atomic E-state index is 0.0546. The van der Waals surface area contributed by atoms with Crippen LogP contribution in [0.25, 0.3) is 0 Å². The second kappa shape index (κ2) is 7.81. The summed E-state index contributed by atoms with van der Waals surface area (Å²) in [6, 6.07) is 9.15. The number of benzene rings is 1. The van der Waals surface area contributed by atoms with Crippen LogP contribution in [0.3, 0.4) is 0 Å². The molecule has 0 N–H and O–H groups in total. The smallest absolute Gasteiger partial charge is 0.260 e. The molecule has 0 aromatic heterocycles. The Hall–Kier alpha value is -1.56. The Balaban J connectivity index is 1.91. The first kappa shape index (κ1) is 17.8. The molecule has 1 aromatic rings. The Bertz CT molecular complexity index is 613. The summed E-state index contributed by atoms with van der Waals surface area (Å²) in [5.41, 5.74) is 0. The number of likely N-dealkylation sites (tertiary alicyclic amines) is 1. The first-order valence-electron chi connectivity index (χ1n) is 8.05. The average molecular weight is 339 g/mol. The van der Waals surface area contributed by atoms with E-state index in [1.54, 1.807) is 17.0 Å². The Labute approximate surface area is 138 Å². The molecule has 1 aromatic carbocycles. The average Bonchev–Trinajstić information content (AvgIpc) is 2.52. The Morgan fingerprint density at radius 3 is 2.65 bits per heavy atom. The van der Waals surface area contributed by atoms with Crippen molar-refractivity contribution in [1.29, 1.82) is 0 Å². The molecule has 1 fully saturated rings. The van der Waals surface area contributed by atoms with E-state index in [4.69, 9.17) is 4.74 Å².